The van der Waals surface area contributed by atoms with Gasteiger partial charge >= 0.3 is 28.4 Å². The van der Waals surface area contributed by atoms with Crippen molar-refractivity contribution in [2.45, 2.75) is 133 Å². The number of halogens is 2. The van der Waals surface area contributed by atoms with Gasteiger partial charge < -0.3 is 0 Å². The molecule has 0 aliphatic heterocycles. The van der Waals surface area contributed by atoms with Gasteiger partial charge in [-0.05, 0) is 40.6 Å². The Hall–Kier alpha value is -2.44. The van der Waals surface area contributed by atoms with Crippen molar-refractivity contribution in [1.82, 2.24) is 0 Å². The van der Waals surface area contributed by atoms with Gasteiger partial charge in [-0.25, -0.2) is 18.1 Å². The first-order valence-electron chi connectivity index (χ1n) is 21.4. The van der Waals surface area contributed by atoms with Crippen LogP contribution in [0.15, 0.2) is 120 Å². The number of fused-ring (bicyclic) bond motifs is 6. The summed E-state index contributed by atoms with van der Waals surface area (Å²) in [4.78, 5) is 0. The van der Waals surface area contributed by atoms with Crippen molar-refractivity contribution < 1.29 is 24.2 Å². The number of allylic oxidation sites excluding steroid dienone is 10. The van der Waals surface area contributed by atoms with E-state index in [0.717, 1.165) is 12.8 Å². The zero-order valence-corrected chi connectivity index (χ0v) is 41.6. The van der Waals surface area contributed by atoms with Gasteiger partial charge in [0, 0.05) is 0 Å². The number of rotatable bonds is 6. The minimum atomic E-state index is 0. The van der Waals surface area contributed by atoms with Crippen LogP contribution in [0.2, 0.25) is 0 Å². The summed E-state index contributed by atoms with van der Waals surface area (Å²) in [6.45, 7) is 24.7. The van der Waals surface area contributed by atoms with Crippen LogP contribution in [-0.4, -0.2) is 4.21 Å². The monoisotopic (exact) mass is 892 g/mol. The molecule has 2 atom stereocenters. The summed E-state index contributed by atoms with van der Waals surface area (Å²) in [5.74, 6) is 2.24. The van der Waals surface area contributed by atoms with Gasteiger partial charge in [0.1, 0.15) is 0 Å². The predicted octanol–water partition coefficient (Wildman–Crippen LogP) is 15.7. The Bertz CT molecular complexity index is 1800. The first-order chi connectivity index (χ1) is 26.8. The zero-order chi connectivity index (χ0) is 41.0. The molecule has 8 rings (SSSR count). The molecule has 314 valence electrons. The molecule has 3 aromatic rings. The summed E-state index contributed by atoms with van der Waals surface area (Å²) in [5, 5.41) is 0. The number of aryl methyl sites for hydroxylation is 2. The van der Waals surface area contributed by atoms with Crippen LogP contribution in [0, 0.1) is 51.7 Å². The maximum absolute atomic E-state index is 3.34. The van der Waals surface area contributed by atoms with E-state index in [1.807, 2.05) is 36.4 Å². The van der Waals surface area contributed by atoms with E-state index >= 15 is 0 Å². The molecule has 0 nitrogen and oxygen atoms in total. The number of benzene rings is 3. The van der Waals surface area contributed by atoms with Crippen molar-refractivity contribution in [3.8, 4) is 0 Å². The third kappa shape index (κ3) is 10.7. The van der Waals surface area contributed by atoms with Crippen molar-refractivity contribution in [2.24, 2.45) is 27.6 Å². The first-order valence-corrected chi connectivity index (χ1v) is 23.1. The maximum atomic E-state index is 3.34. The number of hydrogen-bond acceptors (Lipinski definition) is 0. The van der Waals surface area contributed by atoms with Gasteiger partial charge in [0.15, 0.2) is 0 Å². The molecule has 3 heteroatoms. The van der Waals surface area contributed by atoms with E-state index < -0.39 is 0 Å². The SMILES string of the molecule is CCCCc1cc[c-]cc1.CCCCc1cc[c-]cc1.C[C-]1C2=C3Cc4ccccc4C3=C3C=CCCC3C2(C)C(C)(C)C(C)(C)C1(C)C.Cl.Cl.[C-]1=CC=CC1.[CH2]=[Zr]. The van der Waals surface area contributed by atoms with E-state index in [1.54, 1.807) is 28.2 Å². The fraction of sp³-hybridized carbons (Fsp3) is 0.455. The van der Waals surface area contributed by atoms with E-state index in [4.69, 9.17) is 0 Å². The van der Waals surface area contributed by atoms with Crippen molar-refractivity contribution in [3.05, 3.63) is 166 Å². The zero-order valence-electron chi connectivity index (χ0n) is 37.5. The average molecular weight is 895 g/mol. The summed E-state index contributed by atoms with van der Waals surface area (Å²) in [6, 6.07) is 31.6. The van der Waals surface area contributed by atoms with E-state index in [1.165, 1.54) is 97.9 Å². The van der Waals surface area contributed by atoms with Crippen LogP contribution in [-0.2, 0) is 43.5 Å². The summed E-state index contributed by atoms with van der Waals surface area (Å²) in [6.07, 6.45) is 26.1. The van der Waals surface area contributed by atoms with Gasteiger partial charge in [-0.15, -0.1) is 38.2 Å². The van der Waals surface area contributed by atoms with E-state index in [9.17, 15) is 0 Å². The molecule has 1 saturated carbocycles. The van der Waals surface area contributed by atoms with Gasteiger partial charge in [0.25, 0.3) is 0 Å². The van der Waals surface area contributed by atoms with Crippen LogP contribution >= 0.6 is 24.8 Å². The number of hydrogen-bond donors (Lipinski definition) is 0. The fourth-order valence-electron chi connectivity index (χ4n) is 9.85. The molecule has 0 aromatic heterocycles. The molecule has 0 bridgehead atoms. The molecule has 1 fully saturated rings. The van der Waals surface area contributed by atoms with E-state index in [-0.39, 0.29) is 46.5 Å². The Morgan fingerprint density at radius 2 is 1.31 bits per heavy atom. The first kappa shape index (κ1) is 51.7. The summed E-state index contributed by atoms with van der Waals surface area (Å²) in [7, 11) is 0. The fourth-order valence-corrected chi connectivity index (χ4v) is 9.85. The second-order valence-corrected chi connectivity index (χ2v) is 17.8. The molecule has 58 heavy (non-hydrogen) atoms. The van der Waals surface area contributed by atoms with Crippen molar-refractivity contribution in [1.29, 1.82) is 0 Å². The topological polar surface area (TPSA) is 0 Å². The van der Waals surface area contributed by atoms with Crippen LogP contribution in [0.1, 0.15) is 136 Å². The van der Waals surface area contributed by atoms with E-state index in [0.29, 0.717) is 5.92 Å². The molecular formula is C55H72Cl2Zr-4. The summed E-state index contributed by atoms with van der Waals surface area (Å²) < 4.78 is 3.34. The summed E-state index contributed by atoms with van der Waals surface area (Å²) >= 11 is 1.30. The van der Waals surface area contributed by atoms with Crippen LogP contribution in [0.4, 0.5) is 0 Å². The third-order valence-corrected chi connectivity index (χ3v) is 14.6. The normalized spacial score (nSPS) is 21.5. The molecule has 2 unspecified atom stereocenters. The van der Waals surface area contributed by atoms with Crippen molar-refractivity contribution >= 4 is 34.6 Å². The van der Waals surface area contributed by atoms with Gasteiger partial charge in [-0.2, -0.15) is 89.0 Å². The molecule has 0 heterocycles. The van der Waals surface area contributed by atoms with Crippen molar-refractivity contribution in [2.75, 3.05) is 0 Å². The third-order valence-electron chi connectivity index (χ3n) is 14.6. The van der Waals surface area contributed by atoms with Gasteiger partial charge in [-0.1, -0.05) is 166 Å². The second-order valence-electron chi connectivity index (χ2n) is 17.8. The van der Waals surface area contributed by atoms with Crippen LogP contribution in [0.3, 0.4) is 0 Å². The minimum absolute atomic E-state index is 0. The van der Waals surface area contributed by atoms with Gasteiger partial charge in [0.2, 0.25) is 0 Å². The Balaban J connectivity index is 0.000000328. The average Bonchev–Trinajstić information content (AvgIpc) is 3.94. The van der Waals surface area contributed by atoms with Crippen LogP contribution < -0.4 is 0 Å². The molecular weight excluding hydrogens is 823 g/mol. The molecule has 0 N–H and O–H groups in total. The Kier molecular flexibility index (Phi) is 21.0. The molecule has 0 spiro atoms. The quantitative estimate of drug-likeness (QED) is 0.216. The van der Waals surface area contributed by atoms with Crippen molar-refractivity contribution in [3.63, 3.8) is 0 Å². The molecule has 0 amide bonds. The van der Waals surface area contributed by atoms with E-state index in [2.05, 4.69) is 158 Å². The Morgan fingerprint density at radius 1 is 0.759 bits per heavy atom. The Labute approximate surface area is 383 Å². The molecule has 0 radical (unpaired) electrons. The Morgan fingerprint density at radius 3 is 1.79 bits per heavy atom. The molecule has 3 aromatic carbocycles. The van der Waals surface area contributed by atoms with Crippen LogP contribution in [0.25, 0.3) is 5.57 Å². The molecule has 5 aliphatic carbocycles. The summed E-state index contributed by atoms with van der Waals surface area (Å²) in [5.41, 5.74) is 13.2. The van der Waals surface area contributed by atoms with Gasteiger partial charge in [-0.3, -0.25) is 6.08 Å². The molecule has 0 saturated heterocycles. The standard InChI is InChI=1S/C29H37.2C10H13.C5H5.CH2.2ClH.Zr/c1-18-25-22-17-19-13-9-10-14-20(19)24(22)21-15-11-12-16-23(21)29(25,8)28(6,7)27(4,5)26(18,2)3;2*1-2-3-7-10-8-5-4-6-9-10;1-2-4-5-3-1;;;;/h9-11,13-15,23H,12,16-17H2,1-8H3;2*5-6,8-9H,2-3,7H2,1H3;1-3H,4H2;1H2;2*1H;/q4*-1;;;;. The van der Waals surface area contributed by atoms with Gasteiger partial charge in [0.05, 0.1) is 0 Å². The predicted molar refractivity (Wildman–Crippen MR) is 255 cm³/mol. The second kappa shape index (κ2) is 23.5. The van der Waals surface area contributed by atoms with Crippen LogP contribution in [0.5, 0.6) is 0 Å². The number of unbranched alkanes of at least 4 members (excludes halogenated alkanes) is 2. The molecule has 5 aliphatic rings.